The predicted octanol–water partition coefficient (Wildman–Crippen LogP) is 2.63. The molecule has 0 spiro atoms. The van der Waals surface area contributed by atoms with Crippen LogP contribution in [0.5, 0.6) is 0 Å². The lowest BCUT2D eigenvalue weighted by Crippen LogP contribution is -2.14. The summed E-state index contributed by atoms with van der Waals surface area (Å²) in [5.74, 6) is -0.343. The minimum atomic E-state index is -0.343. The fourth-order valence-electron chi connectivity index (χ4n) is 0.680. The van der Waals surface area contributed by atoms with Crippen LogP contribution in [0.4, 0.5) is 0 Å². The summed E-state index contributed by atoms with van der Waals surface area (Å²) in [5, 5.41) is 0. The smallest absolute Gasteiger partial charge is 0.338 e. The molecule has 0 amide bonds. The van der Waals surface area contributed by atoms with Gasteiger partial charge in [0.05, 0.1) is 11.7 Å². The molecule has 13 heavy (non-hydrogen) atoms. The maximum absolute atomic E-state index is 11.3. The minimum Gasteiger partial charge on any atom is -0.459 e. The number of hydrogen-bond donors (Lipinski definition) is 0. The lowest BCUT2D eigenvalue weighted by Gasteiger charge is -2.10. The number of allylic oxidation sites excluding steroid dienone is 2. The molecule has 0 aliphatic heterocycles. The summed E-state index contributed by atoms with van der Waals surface area (Å²) in [5.41, 5.74) is 0.440. The van der Waals surface area contributed by atoms with Crippen molar-refractivity contribution in [3.8, 4) is 0 Å². The number of rotatable bonds is 5. The van der Waals surface area contributed by atoms with E-state index in [-0.39, 0.29) is 12.1 Å². The maximum atomic E-state index is 11.3. The highest BCUT2D eigenvalue weighted by molar-refractivity contribution is 5.91. The highest BCUT2D eigenvalue weighted by Gasteiger charge is 2.09. The average molecular weight is 180 g/mol. The normalized spacial score (nSPS) is 13.2. The zero-order chi connectivity index (χ0) is 10.3. The van der Waals surface area contributed by atoms with Crippen molar-refractivity contribution in [3.05, 3.63) is 37.0 Å². The molecule has 0 saturated carbocycles. The molecule has 0 aromatic carbocycles. The molecule has 0 aromatic rings. The van der Waals surface area contributed by atoms with Gasteiger partial charge in [0.25, 0.3) is 0 Å². The number of ether oxygens (including phenoxy) is 1. The van der Waals surface area contributed by atoms with Crippen molar-refractivity contribution in [1.29, 1.82) is 0 Å². The van der Waals surface area contributed by atoms with E-state index in [1.807, 2.05) is 13.8 Å². The first kappa shape index (κ1) is 11.7. The molecule has 0 fully saturated rings. The largest absolute Gasteiger partial charge is 0.459 e. The van der Waals surface area contributed by atoms with Crippen molar-refractivity contribution in [2.75, 3.05) is 0 Å². The van der Waals surface area contributed by atoms with Crippen LogP contribution < -0.4 is 0 Å². The topological polar surface area (TPSA) is 26.3 Å². The highest BCUT2D eigenvalue weighted by atomic mass is 16.5. The molecule has 1 unspecified atom stereocenters. The summed E-state index contributed by atoms with van der Waals surface area (Å²) in [4.78, 5) is 11.3. The Bertz CT molecular complexity index is 226. The number of hydrogen-bond acceptors (Lipinski definition) is 2. The van der Waals surface area contributed by atoms with E-state index in [4.69, 9.17) is 4.74 Å². The third-order valence-corrected chi connectivity index (χ3v) is 1.64. The quantitative estimate of drug-likeness (QED) is 0.369. The van der Waals surface area contributed by atoms with Crippen molar-refractivity contribution in [3.63, 3.8) is 0 Å². The van der Waals surface area contributed by atoms with Crippen LogP contribution in [0.1, 0.15) is 20.3 Å². The summed E-state index contributed by atoms with van der Waals surface area (Å²) >= 11 is 0. The van der Waals surface area contributed by atoms with Gasteiger partial charge in [-0.3, -0.25) is 0 Å². The van der Waals surface area contributed by atoms with Gasteiger partial charge in [-0.25, -0.2) is 4.79 Å². The fraction of sp³-hybridized carbons (Fsp3) is 0.364. The van der Waals surface area contributed by atoms with E-state index in [9.17, 15) is 4.79 Å². The Morgan fingerprint density at radius 3 is 2.54 bits per heavy atom. The molecule has 72 valence electrons. The van der Waals surface area contributed by atoms with E-state index in [0.29, 0.717) is 5.57 Å². The van der Waals surface area contributed by atoms with E-state index in [0.717, 1.165) is 6.42 Å². The van der Waals surface area contributed by atoms with Gasteiger partial charge in [0.1, 0.15) is 0 Å². The van der Waals surface area contributed by atoms with Crippen molar-refractivity contribution >= 4 is 5.97 Å². The van der Waals surface area contributed by atoms with Crippen LogP contribution in [0.15, 0.2) is 37.0 Å². The van der Waals surface area contributed by atoms with Crippen LogP contribution in [0, 0.1) is 0 Å². The van der Waals surface area contributed by atoms with Crippen LogP contribution in [0.2, 0.25) is 0 Å². The van der Waals surface area contributed by atoms with Crippen LogP contribution in [0.25, 0.3) is 0 Å². The zero-order valence-electron chi connectivity index (χ0n) is 8.25. The molecular formula is C11H16O2. The Kier molecular flexibility index (Phi) is 5.60. The molecule has 0 radical (unpaired) electrons. The second-order valence-corrected chi connectivity index (χ2v) is 2.69. The SMILES string of the molecule is C=C/C=C(\C=C)C(=O)OC(C)CC. The molecule has 1 atom stereocenters. The van der Waals surface area contributed by atoms with E-state index in [2.05, 4.69) is 13.2 Å². The van der Waals surface area contributed by atoms with Crippen molar-refractivity contribution < 1.29 is 9.53 Å². The summed E-state index contributed by atoms with van der Waals surface area (Å²) in [6.45, 7) is 10.8. The first-order chi connectivity index (χ1) is 6.15. The molecule has 0 rings (SSSR count). The van der Waals surface area contributed by atoms with Gasteiger partial charge in [-0.05, 0) is 19.4 Å². The lowest BCUT2D eigenvalue weighted by molar-refractivity contribution is -0.143. The van der Waals surface area contributed by atoms with E-state index in [1.165, 1.54) is 12.2 Å². The molecule has 0 heterocycles. The predicted molar refractivity (Wildman–Crippen MR) is 54.3 cm³/mol. The summed E-state index contributed by atoms with van der Waals surface area (Å²) in [6, 6.07) is 0. The Balaban J connectivity index is 4.30. The third-order valence-electron chi connectivity index (χ3n) is 1.64. The Hall–Kier alpha value is -1.31. The second kappa shape index (κ2) is 6.23. The minimum absolute atomic E-state index is 0.0549. The Morgan fingerprint density at radius 1 is 1.54 bits per heavy atom. The zero-order valence-corrected chi connectivity index (χ0v) is 8.25. The summed E-state index contributed by atoms with van der Waals surface area (Å²) in [7, 11) is 0. The molecule has 0 bridgehead atoms. The van der Waals surface area contributed by atoms with Crippen LogP contribution in [-0.4, -0.2) is 12.1 Å². The summed E-state index contributed by atoms with van der Waals surface area (Å²) < 4.78 is 5.08. The number of esters is 1. The Labute approximate surface area is 79.6 Å². The van der Waals surface area contributed by atoms with Crippen molar-refractivity contribution in [1.82, 2.24) is 0 Å². The number of carbonyl (C=O) groups is 1. The molecular weight excluding hydrogens is 164 g/mol. The van der Waals surface area contributed by atoms with E-state index in [1.54, 1.807) is 6.08 Å². The van der Waals surface area contributed by atoms with Gasteiger partial charge in [-0.1, -0.05) is 32.2 Å². The molecule has 0 aliphatic rings. The average Bonchev–Trinajstić information content (AvgIpc) is 2.13. The van der Waals surface area contributed by atoms with Gasteiger partial charge in [0, 0.05) is 0 Å². The summed E-state index contributed by atoms with van der Waals surface area (Å²) in [6.07, 6.45) is 5.34. The molecule has 0 aliphatic carbocycles. The van der Waals surface area contributed by atoms with Crippen molar-refractivity contribution in [2.24, 2.45) is 0 Å². The first-order valence-corrected chi connectivity index (χ1v) is 4.31. The van der Waals surface area contributed by atoms with Gasteiger partial charge in [-0.2, -0.15) is 0 Å². The van der Waals surface area contributed by atoms with Gasteiger partial charge >= 0.3 is 5.97 Å². The van der Waals surface area contributed by atoms with Crippen molar-refractivity contribution in [2.45, 2.75) is 26.4 Å². The highest BCUT2D eigenvalue weighted by Crippen LogP contribution is 2.04. The van der Waals surface area contributed by atoms with Gasteiger partial charge < -0.3 is 4.74 Å². The maximum Gasteiger partial charge on any atom is 0.338 e. The number of carbonyl (C=O) groups excluding carboxylic acids is 1. The van der Waals surface area contributed by atoms with Crippen LogP contribution in [0.3, 0.4) is 0 Å². The molecule has 0 aromatic heterocycles. The van der Waals surface area contributed by atoms with Crippen LogP contribution >= 0.6 is 0 Å². The van der Waals surface area contributed by atoms with E-state index >= 15 is 0 Å². The molecule has 0 N–H and O–H groups in total. The standard InChI is InChI=1S/C11H16O2/c1-5-8-10(7-3)11(12)13-9(4)6-2/h5,7-9H,1,3,6H2,2,4H3/b10-8+. The van der Waals surface area contributed by atoms with Gasteiger partial charge in [-0.15, -0.1) is 0 Å². The monoisotopic (exact) mass is 180 g/mol. The molecule has 2 heteroatoms. The van der Waals surface area contributed by atoms with Gasteiger partial charge in [0.15, 0.2) is 0 Å². The fourth-order valence-corrected chi connectivity index (χ4v) is 0.680. The molecule has 2 nitrogen and oxygen atoms in total. The van der Waals surface area contributed by atoms with E-state index < -0.39 is 0 Å². The molecule has 0 saturated heterocycles. The first-order valence-electron chi connectivity index (χ1n) is 4.31. The third kappa shape index (κ3) is 4.31. The second-order valence-electron chi connectivity index (χ2n) is 2.69. The van der Waals surface area contributed by atoms with Crippen LogP contribution in [-0.2, 0) is 9.53 Å². The Morgan fingerprint density at radius 2 is 2.15 bits per heavy atom. The lowest BCUT2D eigenvalue weighted by atomic mass is 10.2. The van der Waals surface area contributed by atoms with Gasteiger partial charge in [0.2, 0.25) is 0 Å².